The van der Waals surface area contributed by atoms with Gasteiger partial charge in [-0.05, 0) is 25.0 Å². The average Bonchev–Trinajstić information content (AvgIpc) is 2.99. The molecule has 0 bridgehead atoms. The smallest absolute Gasteiger partial charge is 0.275 e. The number of thioether (sulfide) groups is 1. The molecular weight excluding hydrogens is 380 g/mol. The fraction of sp³-hybridized carbons (Fsp3) is 0.368. The summed E-state index contributed by atoms with van der Waals surface area (Å²) in [7, 11) is 0. The second-order valence-electron chi connectivity index (χ2n) is 6.78. The summed E-state index contributed by atoms with van der Waals surface area (Å²) >= 11 is 2.88. The Kier molecular flexibility index (Phi) is 6.28. The average molecular weight is 403 g/mol. The van der Waals surface area contributed by atoms with Crippen LogP contribution in [0.5, 0.6) is 0 Å². The first-order chi connectivity index (χ1) is 12.9. The van der Waals surface area contributed by atoms with Crippen molar-refractivity contribution in [2.75, 3.05) is 11.1 Å². The summed E-state index contributed by atoms with van der Waals surface area (Å²) in [5.41, 5.74) is 2.43. The van der Waals surface area contributed by atoms with Gasteiger partial charge in [-0.2, -0.15) is 9.61 Å². The minimum absolute atomic E-state index is 0.0707. The monoisotopic (exact) mass is 402 g/mol. The molecular formula is C19H22N4O2S2. The molecule has 142 valence electrons. The van der Waals surface area contributed by atoms with Crippen molar-refractivity contribution in [2.24, 2.45) is 5.92 Å². The molecule has 0 aliphatic carbocycles. The molecule has 1 N–H and O–H groups in total. The number of amides is 1. The molecule has 0 fully saturated rings. The van der Waals surface area contributed by atoms with Crippen molar-refractivity contribution in [1.82, 2.24) is 14.6 Å². The zero-order valence-electron chi connectivity index (χ0n) is 15.6. The van der Waals surface area contributed by atoms with E-state index in [0.29, 0.717) is 28.1 Å². The van der Waals surface area contributed by atoms with Gasteiger partial charge in [-0.3, -0.25) is 9.59 Å². The zero-order valence-corrected chi connectivity index (χ0v) is 17.2. The lowest BCUT2D eigenvalue weighted by atomic mass is 10.1. The highest BCUT2D eigenvalue weighted by Gasteiger charge is 2.11. The molecule has 27 heavy (non-hydrogen) atoms. The Morgan fingerprint density at radius 3 is 2.74 bits per heavy atom. The van der Waals surface area contributed by atoms with Crippen LogP contribution in [0.2, 0.25) is 0 Å². The number of fused-ring (bicyclic) bond motifs is 1. The highest BCUT2D eigenvalue weighted by atomic mass is 32.2. The Balaban J connectivity index is 1.58. The zero-order chi connectivity index (χ0) is 19.4. The van der Waals surface area contributed by atoms with Gasteiger partial charge in [0.25, 0.3) is 5.56 Å². The molecule has 2 heterocycles. The lowest BCUT2D eigenvalue weighted by molar-refractivity contribution is -0.113. The predicted molar refractivity (Wildman–Crippen MR) is 112 cm³/mol. The van der Waals surface area contributed by atoms with Gasteiger partial charge in [0.1, 0.15) is 5.01 Å². The van der Waals surface area contributed by atoms with Gasteiger partial charge in [-0.1, -0.05) is 42.9 Å². The van der Waals surface area contributed by atoms with E-state index in [1.807, 2.05) is 31.2 Å². The predicted octanol–water partition coefficient (Wildman–Crippen LogP) is 3.53. The fourth-order valence-electron chi connectivity index (χ4n) is 2.48. The van der Waals surface area contributed by atoms with Gasteiger partial charge < -0.3 is 5.32 Å². The van der Waals surface area contributed by atoms with Gasteiger partial charge in [0.2, 0.25) is 10.9 Å². The van der Waals surface area contributed by atoms with Crippen molar-refractivity contribution in [3.05, 3.63) is 57.0 Å². The molecule has 0 spiro atoms. The van der Waals surface area contributed by atoms with Crippen LogP contribution in [-0.2, 0) is 17.0 Å². The second kappa shape index (κ2) is 8.67. The van der Waals surface area contributed by atoms with Gasteiger partial charge in [0.15, 0.2) is 0 Å². The first-order valence-electron chi connectivity index (χ1n) is 8.73. The molecule has 3 rings (SSSR count). The van der Waals surface area contributed by atoms with E-state index in [-0.39, 0.29) is 11.5 Å². The number of carbonyl (C=O) groups is 1. The highest BCUT2D eigenvalue weighted by molar-refractivity contribution is 7.99. The maximum atomic E-state index is 12.2. The minimum Gasteiger partial charge on any atom is -0.325 e. The van der Waals surface area contributed by atoms with E-state index in [0.717, 1.165) is 22.7 Å². The Morgan fingerprint density at radius 1 is 1.30 bits per heavy atom. The Hall–Kier alpha value is -2.19. The van der Waals surface area contributed by atoms with Crippen molar-refractivity contribution in [1.29, 1.82) is 0 Å². The summed E-state index contributed by atoms with van der Waals surface area (Å²) in [4.78, 5) is 29.4. The Labute approximate surface area is 166 Å². The number of anilines is 1. The summed E-state index contributed by atoms with van der Waals surface area (Å²) in [5.74, 6) is 1.21. The molecule has 0 aliphatic rings. The lowest BCUT2D eigenvalue weighted by Gasteiger charge is -2.05. The number of carbonyl (C=O) groups excluding carboxylic acids is 1. The minimum atomic E-state index is -0.175. The van der Waals surface area contributed by atoms with E-state index in [4.69, 9.17) is 0 Å². The van der Waals surface area contributed by atoms with Crippen LogP contribution in [0, 0.1) is 12.8 Å². The quantitative estimate of drug-likeness (QED) is 0.654. The molecule has 8 heteroatoms. The van der Waals surface area contributed by atoms with Gasteiger partial charge >= 0.3 is 0 Å². The lowest BCUT2D eigenvalue weighted by Crippen LogP contribution is -2.16. The van der Waals surface area contributed by atoms with Crippen molar-refractivity contribution < 1.29 is 4.79 Å². The normalized spacial score (nSPS) is 11.3. The largest absolute Gasteiger partial charge is 0.325 e. The molecule has 0 saturated heterocycles. The Morgan fingerprint density at radius 2 is 2.04 bits per heavy atom. The van der Waals surface area contributed by atoms with Gasteiger partial charge in [0.05, 0.1) is 11.4 Å². The molecule has 1 aromatic carbocycles. The van der Waals surface area contributed by atoms with Crippen LogP contribution >= 0.6 is 23.1 Å². The molecule has 6 nitrogen and oxygen atoms in total. The van der Waals surface area contributed by atoms with Crippen LogP contribution in [0.3, 0.4) is 0 Å². The molecule has 1 amide bonds. The third-order valence-corrected chi connectivity index (χ3v) is 5.64. The Bertz CT molecular complexity index is 993. The number of benzene rings is 1. The number of hydrogen-bond donors (Lipinski definition) is 1. The number of nitrogens with one attached hydrogen (secondary N) is 1. The van der Waals surface area contributed by atoms with E-state index in [1.54, 1.807) is 0 Å². The van der Waals surface area contributed by atoms with E-state index in [1.165, 1.54) is 33.7 Å². The standard InChI is InChI=1S/C19H22N4O2S2/c1-12(2)8-17-22-23-18(25)9-15(21-19(23)27-17)10-26-11-16(24)20-14-6-4-13(3)5-7-14/h4-7,9,12H,8,10-11H2,1-3H3,(H,20,24). The number of aromatic nitrogens is 3. The van der Waals surface area contributed by atoms with Crippen molar-refractivity contribution >= 4 is 39.7 Å². The van der Waals surface area contributed by atoms with Gasteiger partial charge in [-0.25, -0.2) is 4.98 Å². The second-order valence-corrected chi connectivity index (χ2v) is 8.81. The molecule has 2 aromatic heterocycles. The van der Waals surface area contributed by atoms with Crippen molar-refractivity contribution in [3.63, 3.8) is 0 Å². The first-order valence-corrected chi connectivity index (χ1v) is 10.7. The van der Waals surface area contributed by atoms with Crippen LogP contribution in [-0.4, -0.2) is 26.3 Å². The summed E-state index contributed by atoms with van der Waals surface area (Å²) in [5, 5.41) is 8.12. The van der Waals surface area contributed by atoms with E-state index >= 15 is 0 Å². The molecule has 0 unspecified atom stereocenters. The number of aryl methyl sites for hydroxylation is 1. The third kappa shape index (κ3) is 5.40. The van der Waals surface area contributed by atoms with E-state index < -0.39 is 0 Å². The maximum absolute atomic E-state index is 12.2. The SMILES string of the molecule is Cc1ccc(NC(=O)CSCc2cc(=O)n3nc(CC(C)C)sc3n2)cc1. The van der Waals surface area contributed by atoms with E-state index in [2.05, 4.69) is 29.2 Å². The molecule has 0 atom stereocenters. The molecule has 0 aliphatic heterocycles. The first kappa shape index (κ1) is 19.6. The van der Waals surface area contributed by atoms with Crippen LogP contribution < -0.4 is 10.9 Å². The topological polar surface area (TPSA) is 76.4 Å². The fourth-order valence-corrected chi connectivity index (χ4v) is 4.33. The maximum Gasteiger partial charge on any atom is 0.275 e. The summed E-state index contributed by atoms with van der Waals surface area (Å²) in [6.07, 6.45) is 0.830. The number of rotatable bonds is 7. The molecule has 3 aromatic rings. The van der Waals surface area contributed by atoms with Gasteiger partial charge in [0, 0.05) is 23.9 Å². The molecule has 0 radical (unpaired) electrons. The van der Waals surface area contributed by atoms with Crippen LogP contribution in [0.1, 0.15) is 30.1 Å². The van der Waals surface area contributed by atoms with Crippen LogP contribution in [0.25, 0.3) is 4.96 Å². The van der Waals surface area contributed by atoms with Crippen LogP contribution in [0.4, 0.5) is 5.69 Å². The van der Waals surface area contributed by atoms with Crippen LogP contribution in [0.15, 0.2) is 35.1 Å². The highest BCUT2D eigenvalue weighted by Crippen LogP contribution is 2.17. The van der Waals surface area contributed by atoms with E-state index in [9.17, 15) is 9.59 Å². The van der Waals surface area contributed by atoms with Crippen molar-refractivity contribution in [2.45, 2.75) is 32.9 Å². The number of nitrogens with zero attached hydrogens (tertiary/aromatic N) is 3. The molecule has 0 saturated carbocycles. The summed E-state index contributed by atoms with van der Waals surface area (Å²) in [6, 6.07) is 9.17. The summed E-state index contributed by atoms with van der Waals surface area (Å²) in [6.45, 7) is 6.24. The number of hydrogen-bond acceptors (Lipinski definition) is 6. The van der Waals surface area contributed by atoms with Crippen molar-refractivity contribution in [3.8, 4) is 0 Å². The third-order valence-electron chi connectivity index (χ3n) is 3.74. The summed E-state index contributed by atoms with van der Waals surface area (Å²) < 4.78 is 1.36. The van der Waals surface area contributed by atoms with Gasteiger partial charge in [-0.15, -0.1) is 11.8 Å².